The molecule has 0 aliphatic rings. The van der Waals surface area contributed by atoms with Crippen LogP contribution in [0, 0.1) is 0 Å². The summed E-state index contributed by atoms with van der Waals surface area (Å²) >= 11 is 10.6. The molecule has 0 aromatic heterocycles. The van der Waals surface area contributed by atoms with E-state index < -0.39 is 0 Å². The van der Waals surface area contributed by atoms with E-state index in [0.29, 0.717) is 23.3 Å². The van der Waals surface area contributed by atoms with Crippen LogP contribution in [0.3, 0.4) is 0 Å². The molecule has 6 heteroatoms. The molecule has 0 fully saturated rings. The van der Waals surface area contributed by atoms with E-state index in [2.05, 4.69) is 72.8 Å². The summed E-state index contributed by atoms with van der Waals surface area (Å²) in [5.41, 5.74) is 18.7. The van der Waals surface area contributed by atoms with E-state index >= 15 is 0 Å². The van der Waals surface area contributed by atoms with Crippen molar-refractivity contribution >= 4 is 46.0 Å². The predicted octanol–water partition coefficient (Wildman–Crippen LogP) is 5.78. The summed E-state index contributed by atoms with van der Waals surface area (Å²) in [6.07, 6.45) is 0.818. The number of anilines is 2. The van der Waals surface area contributed by atoms with Gasteiger partial charge in [-0.1, -0.05) is 84.9 Å². The summed E-state index contributed by atoms with van der Waals surface area (Å²) in [6.45, 7) is 1.28. The van der Waals surface area contributed by atoms with Gasteiger partial charge in [-0.15, -0.1) is 0 Å². The van der Waals surface area contributed by atoms with Crippen LogP contribution in [0.2, 0.25) is 0 Å². The molecule has 0 unspecified atom stereocenters. The summed E-state index contributed by atoms with van der Waals surface area (Å²) in [5.74, 6) is 0. The van der Waals surface area contributed by atoms with Crippen molar-refractivity contribution in [3.8, 4) is 0 Å². The lowest BCUT2D eigenvalue weighted by Crippen LogP contribution is -2.34. The van der Waals surface area contributed by atoms with Crippen molar-refractivity contribution in [3.05, 3.63) is 131 Å². The molecule has 4 nitrogen and oxygen atoms in total. The minimum Gasteiger partial charge on any atom is -0.376 e. The van der Waals surface area contributed by atoms with Gasteiger partial charge in [0.25, 0.3) is 0 Å². The molecule has 176 valence electrons. The van der Waals surface area contributed by atoms with Crippen molar-refractivity contribution in [3.63, 3.8) is 0 Å². The standard InChI is InChI=1S/C29H28N4S2/c30-28(34)32(20-24-7-3-1-4-8-24)26-15-11-22(12-16-26)19-23-13-17-27(18-14-23)33(29(31)35)21-25-9-5-2-6-10-25/h1-18H,19-21H2,(H2,30,34)(H2,31,35). The van der Waals surface area contributed by atoms with Gasteiger partial charge in [0, 0.05) is 11.4 Å². The van der Waals surface area contributed by atoms with Crippen LogP contribution < -0.4 is 21.3 Å². The van der Waals surface area contributed by atoms with Crippen molar-refractivity contribution in [2.45, 2.75) is 19.5 Å². The molecule has 4 aromatic rings. The van der Waals surface area contributed by atoms with Crippen LogP contribution in [0.5, 0.6) is 0 Å². The summed E-state index contributed by atoms with van der Waals surface area (Å²) in [7, 11) is 0. The Kier molecular flexibility index (Phi) is 8.08. The van der Waals surface area contributed by atoms with Gasteiger partial charge < -0.3 is 21.3 Å². The number of nitrogens with two attached hydrogens (primary N) is 2. The third kappa shape index (κ3) is 6.66. The molecule has 0 aliphatic carbocycles. The quantitative estimate of drug-likeness (QED) is 0.302. The summed E-state index contributed by atoms with van der Waals surface area (Å²) in [5, 5.41) is 0.713. The van der Waals surface area contributed by atoms with E-state index in [9.17, 15) is 0 Å². The number of hydrogen-bond acceptors (Lipinski definition) is 2. The van der Waals surface area contributed by atoms with Crippen molar-refractivity contribution in [1.29, 1.82) is 0 Å². The van der Waals surface area contributed by atoms with Gasteiger partial charge in [0.2, 0.25) is 0 Å². The minimum atomic E-state index is 0.357. The second kappa shape index (κ2) is 11.6. The molecule has 0 spiro atoms. The number of benzene rings is 4. The lowest BCUT2D eigenvalue weighted by Gasteiger charge is -2.24. The van der Waals surface area contributed by atoms with Crippen LogP contribution in [-0.4, -0.2) is 10.2 Å². The normalized spacial score (nSPS) is 10.5. The highest BCUT2D eigenvalue weighted by Gasteiger charge is 2.12. The first kappa shape index (κ1) is 24.4. The van der Waals surface area contributed by atoms with E-state index in [-0.39, 0.29) is 0 Å². The average molecular weight is 497 g/mol. The lowest BCUT2D eigenvalue weighted by molar-refractivity contribution is 1.00. The number of thiocarbonyl (C=S) groups is 2. The Hall–Kier alpha value is -3.74. The molecular weight excluding hydrogens is 468 g/mol. The fourth-order valence-corrected chi connectivity index (χ4v) is 4.29. The first-order chi connectivity index (χ1) is 17.0. The summed E-state index contributed by atoms with van der Waals surface area (Å²) in [4.78, 5) is 3.89. The maximum Gasteiger partial charge on any atom is 0.171 e. The van der Waals surface area contributed by atoms with Gasteiger partial charge in [0.05, 0.1) is 13.1 Å². The third-order valence-electron chi connectivity index (χ3n) is 5.80. The van der Waals surface area contributed by atoms with Crippen LogP contribution in [0.25, 0.3) is 0 Å². The maximum atomic E-state index is 6.02. The van der Waals surface area contributed by atoms with Crippen molar-refractivity contribution in [2.75, 3.05) is 9.80 Å². The molecule has 0 saturated carbocycles. The molecule has 4 N–H and O–H groups in total. The van der Waals surface area contributed by atoms with E-state index in [1.165, 1.54) is 11.1 Å². The molecule has 4 aromatic carbocycles. The molecule has 0 aliphatic heterocycles. The third-order valence-corrected chi connectivity index (χ3v) is 6.24. The lowest BCUT2D eigenvalue weighted by atomic mass is 10.0. The zero-order valence-electron chi connectivity index (χ0n) is 19.4. The second-order valence-electron chi connectivity index (χ2n) is 8.33. The van der Waals surface area contributed by atoms with Gasteiger partial charge in [-0.05, 0) is 77.4 Å². The zero-order valence-corrected chi connectivity index (χ0v) is 21.0. The molecule has 0 amide bonds. The average Bonchev–Trinajstić information content (AvgIpc) is 2.88. The van der Waals surface area contributed by atoms with Crippen molar-refractivity contribution < 1.29 is 0 Å². The van der Waals surface area contributed by atoms with E-state index in [4.69, 9.17) is 35.9 Å². The van der Waals surface area contributed by atoms with Crippen molar-refractivity contribution in [2.24, 2.45) is 11.5 Å². The smallest absolute Gasteiger partial charge is 0.171 e. The van der Waals surface area contributed by atoms with Crippen LogP contribution >= 0.6 is 24.4 Å². The van der Waals surface area contributed by atoms with Gasteiger partial charge in [-0.2, -0.15) is 0 Å². The Morgan fingerprint density at radius 2 is 0.829 bits per heavy atom. The van der Waals surface area contributed by atoms with Gasteiger partial charge in [0.15, 0.2) is 10.2 Å². The van der Waals surface area contributed by atoms with Gasteiger partial charge in [0.1, 0.15) is 0 Å². The number of hydrogen-bond donors (Lipinski definition) is 2. The van der Waals surface area contributed by atoms with Crippen LogP contribution in [0.15, 0.2) is 109 Å². The minimum absolute atomic E-state index is 0.357. The van der Waals surface area contributed by atoms with Gasteiger partial charge in [-0.25, -0.2) is 0 Å². The molecule has 35 heavy (non-hydrogen) atoms. The molecule has 0 radical (unpaired) electrons. The molecular formula is C29H28N4S2. The topological polar surface area (TPSA) is 58.5 Å². The first-order valence-corrected chi connectivity index (χ1v) is 12.2. The molecule has 0 heterocycles. The van der Waals surface area contributed by atoms with E-state index in [1.807, 2.05) is 46.2 Å². The van der Waals surface area contributed by atoms with E-state index in [1.54, 1.807) is 0 Å². The van der Waals surface area contributed by atoms with Gasteiger partial charge >= 0.3 is 0 Å². The largest absolute Gasteiger partial charge is 0.376 e. The molecule has 4 rings (SSSR count). The Morgan fingerprint density at radius 1 is 0.486 bits per heavy atom. The fourth-order valence-electron chi connectivity index (χ4n) is 3.95. The monoisotopic (exact) mass is 496 g/mol. The highest BCUT2D eigenvalue weighted by atomic mass is 32.1. The summed E-state index contributed by atoms with van der Waals surface area (Å²) < 4.78 is 0. The highest BCUT2D eigenvalue weighted by molar-refractivity contribution is 7.80. The number of rotatable bonds is 8. The van der Waals surface area contributed by atoms with Gasteiger partial charge in [-0.3, -0.25) is 0 Å². The Bertz CT molecular complexity index is 1160. The zero-order chi connectivity index (χ0) is 24.6. The SMILES string of the molecule is NC(=S)N(Cc1ccccc1)c1ccc(Cc2ccc(N(Cc3ccccc3)C(N)=S)cc2)cc1. The Morgan fingerprint density at radius 3 is 1.14 bits per heavy atom. The van der Waals surface area contributed by atoms with E-state index in [0.717, 1.165) is 28.9 Å². The fraction of sp³-hybridized carbons (Fsp3) is 0.103. The van der Waals surface area contributed by atoms with Crippen molar-refractivity contribution in [1.82, 2.24) is 0 Å². The highest BCUT2D eigenvalue weighted by Crippen LogP contribution is 2.22. The maximum absolute atomic E-state index is 6.02. The second-order valence-corrected chi connectivity index (χ2v) is 9.17. The Labute approximate surface area is 217 Å². The summed E-state index contributed by atoms with van der Waals surface area (Å²) in [6, 6.07) is 37.1. The van der Waals surface area contributed by atoms with Crippen LogP contribution in [-0.2, 0) is 19.5 Å². The Balaban J connectivity index is 1.43. The predicted molar refractivity (Wildman–Crippen MR) is 155 cm³/mol. The molecule has 0 bridgehead atoms. The molecule has 0 saturated heterocycles. The first-order valence-electron chi connectivity index (χ1n) is 11.4. The number of nitrogens with zero attached hydrogens (tertiary/aromatic N) is 2. The van der Waals surface area contributed by atoms with Crippen LogP contribution in [0.4, 0.5) is 11.4 Å². The van der Waals surface area contributed by atoms with Crippen LogP contribution in [0.1, 0.15) is 22.3 Å². The molecule has 0 atom stereocenters.